The zero-order chi connectivity index (χ0) is 22.0. The highest BCUT2D eigenvalue weighted by atomic mass is 19.4. The van der Waals surface area contributed by atoms with Gasteiger partial charge in [-0.2, -0.15) is 18.4 Å². The maximum atomic E-state index is 13.0. The van der Waals surface area contributed by atoms with Crippen molar-refractivity contribution in [1.29, 1.82) is 5.26 Å². The molecule has 0 aliphatic heterocycles. The molecule has 0 unspecified atom stereocenters. The van der Waals surface area contributed by atoms with Gasteiger partial charge in [0.1, 0.15) is 17.1 Å². The number of fused-ring (bicyclic) bond motifs is 1. The van der Waals surface area contributed by atoms with E-state index >= 15 is 0 Å². The third-order valence-corrected chi connectivity index (χ3v) is 5.06. The Balaban J connectivity index is 1.63. The molecule has 6 nitrogen and oxygen atoms in total. The second-order valence-corrected chi connectivity index (χ2v) is 7.22. The standard InChI is InChI=1S/C22H17F3N4O2/c23-22(24,25)18-11-15(8-9-27-18)21-29-19-16(6-1-2-7-17(19)31-21)28-20(30)14-5-3-4-13(10-14)12-26/h3-5,8-11,16H,1-2,6-7H2,(H,28,30)/t16-/m1/s1. The van der Waals surface area contributed by atoms with Gasteiger partial charge in [0.15, 0.2) is 0 Å². The van der Waals surface area contributed by atoms with E-state index in [9.17, 15) is 18.0 Å². The molecule has 1 aliphatic carbocycles. The van der Waals surface area contributed by atoms with Crippen LogP contribution in [0.5, 0.6) is 0 Å². The molecule has 1 aromatic carbocycles. The van der Waals surface area contributed by atoms with E-state index in [1.54, 1.807) is 18.2 Å². The number of nitrogens with one attached hydrogen (secondary N) is 1. The molecule has 1 aliphatic rings. The third-order valence-electron chi connectivity index (χ3n) is 5.06. The molecule has 0 saturated heterocycles. The molecular weight excluding hydrogens is 409 g/mol. The van der Waals surface area contributed by atoms with Gasteiger partial charge < -0.3 is 9.73 Å². The molecule has 0 spiro atoms. The number of nitriles is 1. The number of alkyl halides is 3. The molecule has 0 bridgehead atoms. The van der Waals surface area contributed by atoms with Crippen LogP contribution in [0.2, 0.25) is 0 Å². The van der Waals surface area contributed by atoms with Crippen molar-refractivity contribution in [3.05, 3.63) is 70.9 Å². The van der Waals surface area contributed by atoms with Gasteiger partial charge in [0.05, 0.1) is 17.7 Å². The maximum Gasteiger partial charge on any atom is 0.433 e. The zero-order valence-corrected chi connectivity index (χ0v) is 16.2. The first kappa shape index (κ1) is 20.6. The number of oxazole rings is 1. The van der Waals surface area contributed by atoms with E-state index in [0.29, 0.717) is 35.4 Å². The van der Waals surface area contributed by atoms with E-state index in [1.165, 1.54) is 12.1 Å². The Hall–Kier alpha value is -3.67. The van der Waals surface area contributed by atoms with E-state index < -0.39 is 17.9 Å². The maximum absolute atomic E-state index is 13.0. The Labute approximate surface area is 175 Å². The van der Waals surface area contributed by atoms with Gasteiger partial charge in [0, 0.05) is 23.7 Å². The number of hydrogen-bond donors (Lipinski definition) is 1. The number of halogens is 3. The molecule has 0 radical (unpaired) electrons. The molecule has 2 heterocycles. The molecule has 31 heavy (non-hydrogen) atoms. The van der Waals surface area contributed by atoms with Crippen molar-refractivity contribution in [2.45, 2.75) is 37.9 Å². The highest BCUT2D eigenvalue weighted by Crippen LogP contribution is 2.34. The Morgan fingerprint density at radius 3 is 2.84 bits per heavy atom. The summed E-state index contributed by atoms with van der Waals surface area (Å²) in [5.74, 6) is 0.252. The topological polar surface area (TPSA) is 91.8 Å². The second-order valence-electron chi connectivity index (χ2n) is 7.22. The molecule has 3 aromatic rings. The number of amides is 1. The number of carbonyl (C=O) groups is 1. The summed E-state index contributed by atoms with van der Waals surface area (Å²) in [5.41, 5.74) is 0.374. The third kappa shape index (κ3) is 4.43. The normalized spacial score (nSPS) is 16.1. The van der Waals surface area contributed by atoms with Crippen LogP contribution in [0.1, 0.15) is 58.4 Å². The van der Waals surface area contributed by atoms with Gasteiger partial charge in [-0.1, -0.05) is 12.5 Å². The van der Waals surface area contributed by atoms with Gasteiger partial charge >= 0.3 is 6.18 Å². The molecule has 0 saturated carbocycles. The van der Waals surface area contributed by atoms with Gasteiger partial charge in [-0.05, 0) is 43.2 Å². The minimum absolute atomic E-state index is 0.0607. The Morgan fingerprint density at radius 2 is 2.06 bits per heavy atom. The van der Waals surface area contributed by atoms with E-state index in [1.807, 2.05) is 6.07 Å². The lowest BCUT2D eigenvalue weighted by Crippen LogP contribution is -2.29. The Bertz CT molecular complexity index is 1160. The lowest BCUT2D eigenvalue weighted by molar-refractivity contribution is -0.141. The predicted octanol–water partition coefficient (Wildman–Crippen LogP) is 4.82. The first-order valence-corrected chi connectivity index (χ1v) is 9.69. The number of rotatable bonds is 3. The van der Waals surface area contributed by atoms with Gasteiger partial charge in [-0.25, -0.2) is 4.98 Å². The van der Waals surface area contributed by atoms with Crippen molar-refractivity contribution in [3.8, 4) is 17.5 Å². The molecule has 2 aromatic heterocycles. The van der Waals surface area contributed by atoms with Gasteiger partial charge in [-0.15, -0.1) is 0 Å². The van der Waals surface area contributed by atoms with Crippen LogP contribution in [0.4, 0.5) is 13.2 Å². The van der Waals surface area contributed by atoms with Crippen molar-refractivity contribution in [2.75, 3.05) is 0 Å². The Kier molecular flexibility index (Phi) is 5.46. The summed E-state index contributed by atoms with van der Waals surface area (Å²) in [4.78, 5) is 20.5. The van der Waals surface area contributed by atoms with Crippen molar-refractivity contribution < 1.29 is 22.4 Å². The number of aromatic nitrogens is 2. The molecule has 1 N–H and O–H groups in total. The van der Waals surface area contributed by atoms with Crippen LogP contribution in [-0.4, -0.2) is 15.9 Å². The van der Waals surface area contributed by atoms with Crippen LogP contribution in [0.3, 0.4) is 0 Å². The van der Waals surface area contributed by atoms with Crippen molar-refractivity contribution in [2.24, 2.45) is 0 Å². The fourth-order valence-corrected chi connectivity index (χ4v) is 3.54. The van der Waals surface area contributed by atoms with Crippen LogP contribution in [0.15, 0.2) is 47.0 Å². The first-order valence-electron chi connectivity index (χ1n) is 9.69. The lowest BCUT2D eigenvalue weighted by Gasteiger charge is -2.15. The summed E-state index contributed by atoms with van der Waals surface area (Å²) in [6, 6.07) is 10.2. The monoisotopic (exact) mass is 426 g/mol. The van der Waals surface area contributed by atoms with Crippen LogP contribution in [0.25, 0.3) is 11.5 Å². The van der Waals surface area contributed by atoms with E-state index in [2.05, 4.69) is 15.3 Å². The summed E-state index contributed by atoms with van der Waals surface area (Å²) in [6.07, 6.45) is -0.675. The van der Waals surface area contributed by atoms with Gasteiger partial charge in [0.2, 0.25) is 5.89 Å². The van der Waals surface area contributed by atoms with Crippen molar-refractivity contribution in [3.63, 3.8) is 0 Å². The molecule has 158 valence electrons. The predicted molar refractivity (Wildman–Crippen MR) is 104 cm³/mol. The van der Waals surface area contributed by atoms with E-state index in [0.717, 1.165) is 25.1 Å². The summed E-state index contributed by atoms with van der Waals surface area (Å²) in [7, 11) is 0. The first-order chi connectivity index (χ1) is 14.8. The number of aryl methyl sites for hydroxylation is 1. The highest BCUT2D eigenvalue weighted by molar-refractivity contribution is 5.94. The Morgan fingerprint density at radius 1 is 1.23 bits per heavy atom. The number of benzene rings is 1. The second kappa shape index (κ2) is 8.22. The quantitative estimate of drug-likeness (QED) is 0.606. The molecule has 9 heteroatoms. The van der Waals surface area contributed by atoms with Gasteiger partial charge in [-0.3, -0.25) is 9.78 Å². The summed E-state index contributed by atoms with van der Waals surface area (Å²) < 4.78 is 44.8. The van der Waals surface area contributed by atoms with Crippen LogP contribution in [0, 0.1) is 11.3 Å². The largest absolute Gasteiger partial charge is 0.441 e. The lowest BCUT2D eigenvalue weighted by atomic mass is 10.1. The molecule has 4 rings (SSSR count). The minimum Gasteiger partial charge on any atom is -0.441 e. The fraction of sp³-hybridized carbons (Fsp3) is 0.273. The average Bonchev–Trinajstić information content (AvgIpc) is 3.11. The summed E-state index contributed by atoms with van der Waals surface area (Å²) in [6.45, 7) is 0. The average molecular weight is 426 g/mol. The summed E-state index contributed by atoms with van der Waals surface area (Å²) >= 11 is 0. The summed E-state index contributed by atoms with van der Waals surface area (Å²) in [5, 5.41) is 12.0. The number of nitrogens with zero attached hydrogens (tertiary/aromatic N) is 3. The van der Waals surface area contributed by atoms with Crippen LogP contribution >= 0.6 is 0 Å². The van der Waals surface area contributed by atoms with E-state index in [-0.39, 0.29) is 17.4 Å². The SMILES string of the molecule is N#Cc1cccc(C(=O)N[C@@H]2CCCCc3oc(-c4ccnc(C(F)(F)F)c4)nc32)c1. The van der Waals surface area contributed by atoms with Crippen molar-refractivity contribution in [1.82, 2.24) is 15.3 Å². The molecule has 1 atom stereocenters. The zero-order valence-electron chi connectivity index (χ0n) is 16.2. The van der Waals surface area contributed by atoms with Crippen LogP contribution in [-0.2, 0) is 12.6 Å². The molecular formula is C22H17F3N4O2. The van der Waals surface area contributed by atoms with Gasteiger partial charge in [0.25, 0.3) is 5.91 Å². The number of carbonyl (C=O) groups excluding carboxylic acids is 1. The molecule has 0 fully saturated rings. The number of hydrogen-bond acceptors (Lipinski definition) is 5. The van der Waals surface area contributed by atoms with Crippen molar-refractivity contribution >= 4 is 5.91 Å². The highest BCUT2D eigenvalue weighted by Gasteiger charge is 2.33. The van der Waals surface area contributed by atoms with E-state index in [4.69, 9.17) is 9.68 Å². The smallest absolute Gasteiger partial charge is 0.433 e. The van der Waals surface area contributed by atoms with Crippen LogP contribution < -0.4 is 5.32 Å². The fourth-order valence-electron chi connectivity index (χ4n) is 3.54. The minimum atomic E-state index is -4.58. The molecule has 1 amide bonds. The number of pyridine rings is 1.